The van der Waals surface area contributed by atoms with Gasteiger partial charge in [0, 0.05) is 19.6 Å². The van der Waals surface area contributed by atoms with E-state index in [0.29, 0.717) is 31.8 Å². The number of hydroxylamine groups is 1. The van der Waals surface area contributed by atoms with Gasteiger partial charge >= 0.3 is 0 Å². The Balaban J connectivity index is 1.77. The summed E-state index contributed by atoms with van der Waals surface area (Å²) < 4.78 is 32.0. The van der Waals surface area contributed by atoms with E-state index in [0.717, 1.165) is 54.8 Å². The Bertz CT molecular complexity index is 1070. The highest BCUT2D eigenvalue weighted by Crippen LogP contribution is 2.28. The van der Waals surface area contributed by atoms with E-state index in [9.17, 15) is 18.0 Å². The van der Waals surface area contributed by atoms with Gasteiger partial charge in [-0.25, -0.2) is 18.7 Å². The monoisotopic (exact) mass is 591 g/mol. The standard InChI is InChI=1S/C31H49N3O6S/c1-24(2)23-28(30(35)32-34(41(3,37)38)21-20-26-15-8-5-9-16-26)27(18-12-17-25-13-6-4-7-14-25)31(36)33-40-29-19-10-11-22-39-29/h4,6-7,12-14,17,24,26-29H,5,8-11,15-16,18-23H2,1-3H3,(H,32,35)(H,33,36)/t27-,28+,29?/m0/s1. The number of ether oxygens (including phenoxy) is 1. The van der Waals surface area contributed by atoms with Gasteiger partial charge in [-0.3, -0.25) is 15.0 Å². The van der Waals surface area contributed by atoms with Crippen LogP contribution in [0.2, 0.25) is 0 Å². The summed E-state index contributed by atoms with van der Waals surface area (Å²) in [5, 5.41) is 0. The van der Waals surface area contributed by atoms with Gasteiger partial charge in [0.25, 0.3) is 0 Å². The highest BCUT2D eigenvalue weighted by molar-refractivity contribution is 7.88. The van der Waals surface area contributed by atoms with Crippen LogP contribution in [-0.4, -0.2) is 50.3 Å². The van der Waals surface area contributed by atoms with Crippen molar-refractivity contribution in [3.63, 3.8) is 0 Å². The second kappa shape index (κ2) is 17.0. The molecule has 0 radical (unpaired) electrons. The molecule has 10 heteroatoms. The molecule has 2 fully saturated rings. The molecule has 9 nitrogen and oxygen atoms in total. The highest BCUT2D eigenvalue weighted by atomic mass is 32.2. The number of amides is 2. The highest BCUT2D eigenvalue weighted by Gasteiger charge is 2.36. The summed E-state index contributed by atoms with van der Waals surface area (Å²) in [7, 11) is -3.70. The van der Waals surface area contributed by atoms with Crippen LogP contribution < -0.4 is 10.9 Å². The molecule has 1 aliphatic carbocycles. The molecule has 0 spiro atoms. The molecule has 2 N–H and O–H groups in total. The third-order valence-electron chi connectivity index (χ3n) is 7.91. The van der Waals surface area contributed by atoms with Crippen molar-refractivity contribution in [1.82, 2.24) is 15.3 Å². The van der Waals surface area contributed by atoms with Crippen molar-refractivity contribution >= 4 is 27.9 Å². The summed E-state index contributed by atoms with van der Waals surface area (Å²) in [5.74, 6) is -1.90. The van der Waals surface area contributed by atoms with Crippen LogP contribution in [0.1, 0.15) is 90.0 Å². The van der Waals surface area contributed by atoms with Crippen molar-refractivity contribution in [2.45, 2.75) is 90.8 Å². The molecule has 1 heterocycles. The molecule has 1 aliphatic heterocycles. The second-order valence-electron chi connectivity index (χ2n) is 11.9. The number of nitrogens with one attached hydrogen (secondary N) is 2. The first-order valence-corrected chi connectivity index (χ1v) is 17.0. The molecule has 3 rings (SSSR count). The molecule has 0 aromatic heterocycles. The molecule has 1 saturated heterocycles. The van der Waals surface area contributed by atoms with Crippen LogP contribution in [-0.2, 0) is 29.2 Å². The predicted molar refractivity (Wildman–Crippen MR) is 160 cm³/mol. The first-order valence-electron chi connectivity index (χ1n) is 15.2. The summed E-state index contributed by atoms with van der Waals surface area (Å²) in [6.45, 7) is 4.76. The van der Waals surface area contributed by atoms with Crippen LogP contribution in [0.5, 0.6) is 0 Å². The van der Waals surface area contributed by atoms with Crippen LogP contribution in [0, 0.1) is 23.7 Å². The Hall–Kier alpha value is -2.27. The summed E-state index contributed by atoms with van der Waals surface area (Å²) in [6, 6.07) is 9.73. The molecule has 1 aromatic rings. The molecule has 230 valence electrons. The fourth-order valence-corrected chi connectivity index (χ4v) is 6.31. The smallest absolute Gasteiger partial charge is 0.247 e. The lowest BCUT2D eigenvalue weighted by molar-refractivity contribution is -0.203. The number of hydrazine groups is 1. The van der Waals surface area contributed by atoms with E-state index >= 15 is 0 Å². The first kappa shape index (κ1) is 33.2. The average Bonchev–Trinajstić information content (AvgIpc) is 2.96. The molecule has 2 amide bonds. The van der Waals surface area contributed by atoms with Gasteiger partial charge in [0.15, 0.2) is 6.29 Å². The number of nitrogens with zero attached hydrogens (tertiary/aromatic N) is 1. The van der Waals surface area contributed by atoms with Crippen molar-refractivity contribution < 1.29 is 27.6 Å². The largest absolute Gasteiger partial charge is 0.350 e. The third-order valence-corrected chi connectivity index (χ3v) is 8.99. The lowest BCUT2D eigenvalue weighted by Crippen LogP contribution is -2.51. The van der Waals surface area contributed by atoms with Crippen LogP contribution in [0.3, 0.4) is 0 Å². The molecule has 1 saturated carbocycles. The van der Waals surface area contributed by atoms with Crippen LogP contribution >= 0.6 is 0 Å². The molecular weight excluding hydrogens is 542 g/mol. The number of sulfonamides is 1. The van der Waals surface area contributed by atoms with Gasteiger partial charge in [0.05, 0.1) is 18.1 Å². The number of hydrogen-bond acceptors (Lipinski definition) is 6. The summed E-state index contributed by atoms with van der Waals surface area (Å²) >= 11 is 0. The molecular formula is C31H49N3O6S. The Labute approximate surface area is 246 Å². The van der Waals surface area contributed by atoms with Crippen molar-refractivity contribution in [2.75, 3.05) is 19.4 Å². The van der Waals surface area contributed by atoms with Crippen LogP contribution in [0.25, 0.3) is 6.08 Å². The van der Waals surface area contributed by atoms with Crippen molar-refractivity contribution in [3.05, 3.63) is 42.0 Å². The molecule has 0 bridgehead atoms. The summed E-state index contributed by atoms with van der Waals surface area (Å²) in [5.41, 5.74) is 6.22. The Kier molecular flexibility index (Phi) is 13.8. The van der Waals surface area contributed by atoms with Gasteiger partial charge in [-0.2, -0.15) is 0 Å². The van der Waals surface area contributed by atoms with Gasteiger partial charge in [-0.15, -0.1) is 4.41 Å². The predicted octanol–water partition coefficient (Wildman–Crippen LogP) is 5.21. The van der Waals surface area contributed by atoms with E-state index in [2.05, 4.69) is 10.9 Å². The maximum Gasteiger partial charge on any atom is 0.247 e. The van der Waals surface area contributed by atoms with Gasteiger partial charge in [-0.1, -0.05) is 88.4 Å². The van der Waals surface area contributed by atoms with Crippen molar-refractivity contribution in [3.8, 4) is 0 Å². The van der Waals surface area contributed by atoms with Crippen LogP contribution in [0.15, 0.2) is 36.4 Å². The minimum Gasteiger partial charge on any atom is -0.350 e. The number of carbonyl (C=O) groups excluding carboxylic acids is 2. The van der Waals surface area contributed by atoms with E-state index in [4.69, 9.17) is 9.57 Å². The summed E-state index contributed by atoms with van der Waals surface area (Å²) in [6.07, 6.45) is 14.1. The van der Waals surface area contributed by atoms with E-state index in [1.807, 2.05) is 56.3 Å². The minimum atomic E-state index is -3.70. The molecule has 1 unspecified atom stereocenters. The van der Waals surface area contributed by atoms with Gasteiger partial charge < -0.3 is 4.74 Å². The molecule has 3 atom stereocenters. The maximum atomic E-state index is 13.8. The van der Waals surface area contributed by atoms with Crippen molar-refractivity contribution in [1.29, 1.82) is 0 Å². The van der Waals surface area contributed by atoms with Gasteiger partial charge in [-0.05, 0) is 49.5 Å². The zero-order valence-corrected chi connectivity index (χ0v) is 25.7. The minimum absolute atomic E-state index is 0.0932. The fourth-order valence-electron chi connectivity index (χ4n) is 5.62. The molecule has 2 aliphatic rings. The Morgan fingerprint density at radius 3 is 2.37 bits per heavy atom. The third kappa shape index (κ3) is 11.9. The summed E-state index contributed by atoms with van der Waals surface area (Å²) in [4.78, 5) is 32.9. The number of carbonyl (C=O) groups is 2. The van der Waals surface area contributed by atoms with E-state index in [-0.39, 0.29) is 18.9 Å². The first-order chi connectivity index (χ1) is 19.6. The number of hydrogen-bond donors (Lipinski definition) is 2. The van der Waals surface area contributed by atoms with E-state index in [1.165, 1.54) is 6.42 Å². The lowest BCUT2D eigenvalue weighted by Gasteiger charge is -2.30. The number of rotatable bonds is 15. The Morgan fingerprint density at radius 1 is 1.02 bits per heavy atom. The van der Waals surface area contributed by atoms with Gasteiger partial charge in [0.2, 0.25) is 21.8 Å². The molecule has 1 aromatic carbocycles. The quantitative estimate of drug-likeness (QED) is 0.271. The Morgan fingerprint density at radius 2 is 1.73 bits per heavy atom. The van der Waals surface area contributed by atoms with Gasteiger partial charge in [0.1, 0.15) is 0 Å². The molecule has 41 heavy (non-hydrogen) atoms. The zero-order chi connectivity index (χ0) is 29.7. The maximum absolute atomic E-state index is 13.8. The van der Waals surface area contributed by atoms with Crippen molar-refractivity contribution in [2.24, 2.45) is 23.7 Å². The lowest BCUT2D eigenvalue weighted by atomic mass is 9.82. The zero-order valence-electron chi connectivity index (χ0n) is 24.9. The van der Waals surface area contributed by atoms with Crippen LogP contribution in [0.4, 0.5) is 0 Å². The number of benzene rings is 1. The number of allylic oxidation sites excluding steroid dienone is 1. The SMILES string of the molecule is CC(C)C[C@@H](C(=O)NN(CCC1CCCCC1)S(C)(=O)=O)[C@H](CC=Cc1ccccc1)C(=O)NOC1CCCCO1. The normalized spacial score (nSPS) is 20.3. The average molecular weight is 592 g/mol. The van der Waals surface area contributed by atoms with E-state index in [1.54, 1.807) is 0 Å². The second-order valence-corrected chi connectivity index (χ2v) is 13.8. The fraction of sp³-hybridized carbons (Fsp3) is 0.677. The van der Waals surface area contributed by atoms with E-state index < -0.39 is 40.0 Å². The topological polar surface area (TPSA) is 114 Å².